The van der Waals surface area contributed by atoms with Gasteiger partial charge in [-0.15, -0.1) is 0 Å². The maximum atomic E-state index is 13.5. The van der Waals surface area contributed by atoms with Gasteiger partial charge in [0.25, 0.3) is 0 Å². The third-order valence-electron chi connectivity index (χ3n) is 2.64. The average Bonchev–Trinajstić information content (AvgIpc) is 2.20. The molecule has 0 saturated heterocycles. The topological polar surface area (TPSA) is 40.5 Å². The first-order chi connectivity index (χ1) is 8.20. The van der Waals surface area contributed by atoms with Crippen LogP contribution >= 0.6 is 0 Å². The van der Waals surface area contributed by atoms with Crippen molar-refractivity contribution in [1.29, 1.82) is 0 Å². The van der Waals surface area contributed by atoms with E-state index in [-0.39, 0.29) is 18.7 Å². The molecule has 0 bridgehead atoms. The number of rotatable bonds is 4. The van der Waals surface area contributed by atoms with Crippen molar-refractivity contribution in [2.75, 3.05) is 6.54 Å². The Hall–Kier alpha value is -1.49. The lowest BCUT2D eigenvalue weighted by molar-refractivity contribution is -0.139. The minimum Gasteiger partial charge on any atom is -0.480 e. The maximum absolute atomic E-state index is 13.5. The third-order valence-corrected chi connectivity index (χ3v) is 2.64. The molecule has 1 aromatic rings. The monoisotopic (exact) mass is 257 g/mol. The summed E-state index contributed by atoms with van der Waals surface area (Å²) in [6.45, 7) is 5.31. The second kappa shape index (κ2) is 5.44. The maximum Gasteiger partial charge on any atom is 0.317 e. The Bertz CT molecular complexity index is 441. The van der Waals surface area contributed by atoms with Crippen LogP contribution in [0.3, 0.4) is 0 Å². The molecular formula is C13H17F2NO2. The molecule has 3 nitrogen and oxygen atoms in total. The van der Waals surface area contributed by atoms with Crippen LogP contribution in [0.25, 0.3) is 0 Å². The van der Waals surface area contributed by atoms with Crippen LogP contribution in [-0.2, 0) is 11.3 Å². The van der Waals surface area contributed by atoms with E-state index in [1.807, 2.05) is 20.8 Å². The number of hydrogen-bond acceptors (Lipinski definition) is 2. The summed E-state index contributed by atoms with van der Waals surface area (Å²) in [7, 11) is 0. The summed E-state index contributed by atoms with van der Waals surface area (Å²) in [4.78, 5) is 12.4. The lowest BCUT2D eigenvalue weighted by Crippen LogP contribution is -2.44. The summed E-state index contributed by atoms with van der Waals surface area (Å²) >= 11 is 0. The summed E-state index contributed by atoms with van der Waals surface area (Å²) < 4.78 is 26.6. The molecule has 0 saturated carbocycles. The van der Waals surface area contributed by atoms with Crippen LogP contribution in [0, 0.1) is 11.6 Å². The van der Waals surface area contributed by atoms with Crippen LogP contribution in [0.1, 0.15) is 26.3 Å². The minimum absolute atomic E-state index is 0.0550. The van der Waals surface area contributed by atoms with E-state index >= 15 is 0 Å². The predicted molar refractivity (Wildman–Crippen MR) is 64.2 cm³/mol. The van der Waals surface area contributed by atoms with Gasteiger partial charge in [-0.2, -0.15) is 0 Å². The minimum atomic E-state index is -0.998. The first kappa shape index (κ1) is 14.6. The molecule has 0 aliphatic heterocycles. The molecular weight excluding hydrogens is 240 g/mol. The van der Waals surface area contributed by atoms with Crippen molar-refractivity contribution >= 4 is 5.97 Å². The molecule has 0 heterocycles. The molecule has 1 rings (SSSR count). The highest BCUT2D eigenvalue weighted by Gasteiger charge is 2.24. The summed E-state index contributed by atoms with van der Waals surface area (Å²) in [5.41, 5.74) is -0.289. The van der Waals surface area contributed by atoms with E-state index < -0.39 is 23.1 Å². The number of halogens is 2. The molecule has 0 amide bonds. The van der Waals surface area contributed by atoms with Crippen LogP contribution in [0.15, 0.2) is 18.2 Å². The predicted octanol–water partition coefficient (Wildman–Crippen LogP) is 2.65. The highest BCUT2D eigenvalue weighted by Crippen LogP contribution is 2.19. The number of nitrogens with zero attached hydrogens (tertiary/aromatic N) is 1. The van der Waals surface area contributed by atoms with Crippen LogP contribution in [0.5, 0.6) is 0 Å². The van der Waals surface area contributed by atoms with Gasteiger partial charge in [0.2, 0.25) is 0 Å². The van der Waals surface area contributed by atoms with Gasteiger partial charge in [-0.05, 0) is 39.0 Å². The van der Waals surface area contributed by atoms with Crippen LogP contribution in [0.4, 0.5) is 8.78 Å². The van der Waals surface area contributed by atoms with Crippen molar-refractivity contribution in [2.45, 2.75) is 32.9 Å². The molecule has 0 fully saturated rings. The molecule has 18 heavy (non-hydrogen) atoms. The number of carbonyl (C=O) groups is 1. The van der Waals surface area contributed by atoms with Gasteiger partial charge in [-0.3, -0.25) is 9.69 Å². The van der Waals surface area contributed by atoms with E-state index in [2.05, 4.69) is 0 Å². The Balaban J connectivity index is 2.96. The fourth-order valence-electron chi connectivity index (χ4n) is 1.56. The molecule has 0 unspecified atom stereocenters. The van der Waals surface area contributed by atoms with Gasteiger partial charge >= 0.3 is 5.97 Å². The highest BCUT2D eigenvalue weighted by molar-refractivity contribution is 5.69. The molecule has 0 spiro atoms. The largest absolute Gasteiger partial charge is 0.480 e. The van der Waals surface area contributed by atoms with E-state index in [0.717, 1.165) is 18.2 Å². The molecule has 5 heteroatoms. The zero-order valence-corrected chi connectivity index (χ0v) is 10.7. The Morgan fingerprint density at radius 1 is 1.33 bits per heavy atom. The first-order valence-corrected chi connectivity index (χ1v) is 5.61. The van der Waals surface area contributed by atoms with Crippen LogP contribution < -0.4 is 0 Å². The van der Waals surface area contributed by atoms with Crippen LogP contribution in [-0.4, -0.2) is 28.1 Å². The van der Waals surface area contributed by atoms with Gasteiger partial charge in [0.15, 0.2) is 0 Å². The van der Waals surface area contributed by atoms with Crippen molar-refractivity contribution in [3.8, 4) is 0 Å². The van der Waals surface area contributed by atoms with Gasteiger partial charge < -0.3 is 5.11 Å². The Morgan fingerprint density at radius 2 is 1.94 bits per heavy atom. The van der Waals surface area contributed by atoms with Crippen molar-refractivity contribution in [2.24, 2.45) is 0 Å². The fraction of sp³-hybridized carbons (Fsp3) is 0.462. The normalized spacial score (nSPS) is 11.9. The van der Waals surface area contributed by atoms with E-state index in [4.69, 9.17) is 5.11 Å². The average molecular weight is 257 g/mol. The molecule has 0 aromatic heterocycles. The van der Waals surface area contributed by atoms with E-state index in [0.29, 0.717) is 0 Å². The Morgan fingerprint density at radius 3 is 2.44 bits per heavy atom. The quantitative estimate of drug-likeness (QED) is 0.901. The molecule has 0 aliphatic carbocycles. The second-order valence-electron chi connectivity index (χ2n) is 5.16. The SMILES string of the molecule is CC(C)(C)N(CC(=O)O)Cc1cc(F)ccc1F. The Labute approximate surface area is 105 Å². The number of carboxylic acids is 1. The molecule has 100 valence electrons. The fourth-order valence-corrected chi connectivity index (χ4v) is 1.56. The Kier molecular flexibility index (Phi) is 4.40. The summed E-state index contributed by atoms with van der Waals surface area (Å²) in [5.74, 6) is -2.06. The van der Waals surface area contributed by atoms with Gasteiger partial charge in [0.1, 0.15) is 11.6 Å². The molecule has 1 aromatic carbocycles. The van der Waals surface area contributed by atoms with Gasteiger partial charge in [-0.1, -0.05) is 0 Å². The second-order valence-corrected chi connectivity index (χ2v) is 5.16. The van der Waals surface area contributed by atoms with Crippen molar-refractivity contribution < 1.29 is 18.7 Å². The number of benzene rings is 1. The summed E-state index contributed by atoms with van der Waals surface area (Å²) in [5, 5.41) is 8.84. The van der Waals surface area contributed by atoms with Gasteiger partial charge in [0, 0.05) is 17.6 Å². The number of hydrogen-bond donors (Lipinski definition) is 1. The van der Waals surface area contributed by atoms with E-state index in [9.17, 15) is 13.6 Å². The van der Waals surface area contributed by atoms with Gasteiger partial charge in [0.05, 0.1) is 6.54 Å². The first-order valence-electron chi connectivity index (χ1n) is 5.61. The van der Waals surface area contributed by atoms with Gasteiger partial charge in [-0.25, -0.2) is 8.78 Å². The van der Waals surface area contributed by atoms with Crippen molar-refractivity contribution in [3.63, 3.8) is 0 Å². The standard InChI is InChI=1S/C13H17F2NO2/c1-13(2,3)16(8-12(17)18)7-9-6-10(14)4-5-11(9)15/h4-6H,7-8H2,1-3H3,(H,17,18). The summed E-state index contributed by atoms with van der Waals surface area (Å²) in [6, 6.07) is 3.18. The van der Waals surface area contributed by atoms with Crippen LogP contribution in [0.2, 0.25) is 0 Å². The molecule has 0 atom stereocenters. The van der Waals surface area contributed by atoms with Crippen molar-refractivity contribution in [1.82, 2.24) is 4.90 Å². The smallest absolute Gasteiger partial charge is 0.317 e. The lowest BCUT2D eigenvalue weighted by atomic mass is 10.0. The third kappa shape index (κ3) is 4.07. The lowest BCUT2D eigenvalue weighted by Gasteiger charge is -2.34. The number of carboxylic acid groups (broad SMARTS) is 1. The van der Waals surface area contributed by atoms with Crippen molar-refractivity contribution in [3.05, 3.63) is 35.4 Å². The van der Waals surface area contributed by atoms with E-state index in [1.165, 1.54) is 0 Å². The summed E-state index contributed by atoms with van der Waals surface area (Å²) in [6.07, 6.45) is 0. The molecule has 0 radical (unpaired) electrons. The zero-order valence-electron chi connectivity index (χ0n) is 10.7. The molecule has 0 aliphatic rings. The zero-order chi connectivity index (χ0) is 13.9. The van der Waals surface area contributed by atoms with E-state index in [1.54, 1.807) is 4.90 Å². The molecule has 1 N–H and O–H groups in total. The number of aliphatic carboxylic acids is 1. The highest BCUT2D eigenvalue weighted by atomic mass is 19.1.